The summed E-state index contributed by atoms with van der Waals surface area (Å²) in [6.45, 7) is 4.48. The number of halogens is 2. The summed E-state index contributed by atoms with van der Waals surface area (Å²) in [6, 6.07) is 6.48. The third kappa shape index (κ3) is 6.17. The van der Waals surface area contributed by atoms with Crippen LogP contribution in [0.15, 0.2) is 28.5 Å². The van der Waals surface area contributed by atoms with Crippen molar-refractivity contribution < 1.29 is 19.4 Å². The second-order valence-corrected chi connectivity index (χ2v) is 9.23. The molecule has 0 amide bonds. The average Bonchev–Trinajstić information content (AvgIpc) is 3.02. The lowest BCUT2D eigenvalue weighted by molar-refractivity contribution is 0.0297. The van der Waals surface area contributed by atoms with E-state index in [1.165, 1.54) is 35.4 Å². The molecule has 0 aliphatic carbocycles. The maximum absolute atomic E-state index is 12.2. The number of benzene rings is 1. The first-order valence-corrected chi connectivity index (χ1v) is 11.1. The van der Waals surface area contributed by atoms with E-state index < -0.39 is 5.97 Å². The number of esters is 1. The molecule has 1 aromatic heterocycles. The molecule has 0 unspecified atom stereocenters. The average molecular weight is 463 g/mol. The number of carbonyl (C=O) groups excluding carboxylic acids is 1. The second-order valence-electron chi connectivity index (χ2n) is 6.07. The lowest BCUT2D eigenvalue weighted by Gasteiger charge is -2.26. The van der Waals surface area contributed by atoms with Crippen molar-refractivity contribution in [1.82, 2.24) is 4.90 Å². The Morgan fingerprint density at radius 3 is 2.79 bits per heavy atom. The summed E-state index contributed by atoms with van der Waals surface area (Å²) in [5, 5.41) is 10.7. The molecule has 0 bridgehead atoms. The van der Waals surface area contributed by atoms with Crippen LogP contribution in [0.3, 0.4) is 0 Å². The number of morpholine rings is 1. The number of hydrogen-bond acceptors (Lipinski definition) is 8. The number of ether oxygens (including phenoxy) is 2. The predicted molar refractivity (Wildman–Crippen MR) is 114 cm³/mol. The van der Waals surface area contributed by atoms with Gasteiger partial charge in [-0.2, -0.15) is 0 Å². The minimum Gasteiger partial charge on any atom is -0.507 e. The highest BCUT2D eigenvalue weighted by Gasteiger charge is 2.15. The van der Waals surface area contributed by atoms with E-state index in [-0.39, 0.29) is 11.3 Å². The van der Waals surface area contributed by atoms with Crippen LogP contribution in [0, 0.1) is 0 Å². The fourth-order valence-electron chi connectivity index (χ4n) is 2.61. The van der Waals surface area contributed by atoms with Crippen molar-refractivity contribution in [1.29, 1.82) is 0 Å². The topological polar surface area (TPSA) is 71.0 Å². The molecule has 1 aromatic carbocycles. The fraction of sp³-hybridized carbons (Fsp3) is 0.389. The van der Waals surface area contributed by atoms with E-state index >= 15 is 0 Å². The van der Waals surface area contributed by atoms with Crippen molar-refractivity contribution in [2.24, 2.45) is 0 Å². The summed E-state index contributed by atoms with van der Waals surface area (Å²) < 4.78 is 15.1. The van der Waals surface area contributed by atoms with E-state index in [1.54, 1.807) is 12.1 Å². The molecule has 0 saturated carbocycles. The SMILES string of the molecule is O=C(OCCCN1CCOCC1)c1ccc(NSc2cc(Cl)c(Cl)s2)cc1O. The summed E-state index contributed by atoms with van der Waals surface area (Å²) >= 11 is 14.5. The van der Waals surface area contributed by atoms with E-state index in [0.29, 0.717) is 21.7 Å². The highest BCUT2D eigenvalue weighted by molar-refractivity contribution is 8.02. The zero-order valence-corrected chi connectivity index (χ0v) is 18.1. The molecule has 2 N–H and O–H groups in total. The Kier molecular flexibility index (Phi) is 8.13. The van der Waals surface area contributed by atoms with Crippen LogP contribution in [0.2, 0.25) is 9.36 Å². The molecule has 3 rings (SSSR count). The molecule has 1 aliphatic rings. The van der Waals surface area contributed by atoms with Gasteiger partial charge < -0.3 is 19.3 Å². The van der Waals surface area contributed by atoms with E-state index in [4.69, 9.17) is 32.7 Å². The Bertz CT molecular complexity index is 793. The van der Waals surface area contributed by atoms with Crippen LogP contribution in [0.5, 0.6) is 5.75 Å². The quantitative estimate of drug-likeness (QED) is 0.332. The van der Waals surface area contributed by atoms with Crippen molar-refractivity contribution in [2.75, 3.05) is 44.2 Å². The van der Waals surface area contributed by atoms with Crippen LogP contribution >= 0.6 is 46.5 Å². The Balaban J connectivity index is 1.45. The van der Waals surface area contributed by atoms with Crippen LogP contribution < -0.4 is 4.72 Å². The highest BCUT2D eigenvalue weighted by atomic mass is 35.5. The van der Waals surface area contributed by atoms with Gasteiger partial charge in [0.05, 0.1) is 29.1 Å². The number of phenolic OH excluding ortho intramolecular Hbond substituents is 1. The number of nitrogens with zero attached hydrogens (tertiary/aromatic N) is 1. The first kappa shape index (κ1) is 21.5. The standard InChI is InChI=1S/C18H20Cl2N2O4S2/c19-14-11-16(27-17(14)20)28-21-12-2-3-13(15(23)10-12)18(24)26-7-1-4-22-5-8-25-9-6-22/h2-3,10-11,21,23H,1,4-9H2. The molecule has 152 valence electrons. The van der Waals surface area contributed by atoms with Gasteiger partial charge in [-0.3, -0.25) is 4.90 Å². The van der Waals surface area contributed by atoms with Gasteiger partial charge in [0.25, 0.3) is 0 Å². The van der Waals surface area contributed by atoms with Gasteiger partial charge in [0, 0.05) is 31.4 Å². The molecular weight excluding hydrogens is 443 g/mol. The van der Waals surface area contributed by atoms with Crippen molar-refractivity contribution in [3.63, 3.8) is 0 Å². The highest BCUT2D eigenvalue weighted by Crippen LogP contribution is 2.37. The zero-order valence-electron chi connectivity index (χ0n) is 15.0. The fourth-order valence-corrected chi connectivity index (χ4v) is 4.98. The number of aromatic hydroxyl groups is 1. The predicted octanol–water partition coefficient (Wildman–Crippen LogP) is 4.76. The van der Waals surface area contributed by atoms with Crippen LogP contribution in [0.1, 0.15) is 16.8 Å². The smallest absolute Gasteiger partial charge is 0.341 e. The third-order valence-corrected chi connectivity index (χ3v) is 6.88. The van der Waals surface area contributed by atoms with E-state index in [1.807, 2.05) is 0 Å². The second kappa shape index (κ2) is 10.6. The minimum atomic E-state index is -0.532. The lowest BCUT2D eigenvalue weighted by atomic mass is 10.2. The van der Waals surface area contributed by atoms with Crippen LogP contribution in [0.4, 0.5) is 5.69 Å². The van der Waals surface area contributed by atoms with Gasteiger partial charge >= 0.3 is 5.97 Å². The van der Waals surface area contributed by atoms with Crippen LogP contribution in [-0.2, 0) is 9.47 Å². The molecule has 1 aliphatic heterocycles. The molecule has 0 atom stereocenters. The van der Waals surface area contributed by atoms with Gasteiger partial charge in [0.2, 0.25) is 0 Å². The number of nitrogens with one attached hydrogen (secondary N) is 1. The van der Waals surface area contributed by atoms with Crippen molar-refractivity contribution in [2.45, 2.75) is 10.6 Å². The van der Waals surface area contributed by atoms with Crippen molar-refractivity contribution in [3.8, 4) is 5.75 Å². The summed E-state index contributed by atoms with van der Waals surface area (Å²) in [6.07, 6.45) is 0.745. The van der Waals surface area contributed by atoms with E-state index in [9.17, 15) is 9.90 Å². The van der Waals surface area contributed by atoms with E-state index in [0.717, 1.165) is 43.5 Å². The van der Waals surface area contributed by atoms with Crippen molar-refractivity contribution >= 4 is 58.1 Å². The number of phenols is 1. The summed E-state index contributed by atoms with van der Waals surface area (Å²) in [4.78, 5) is 14.5. The van der Waals surface area contributed by atoms with Gasteiger partial charge in [-0.1, -0.05) is 23.2 Å². The zero-order chi connectivity index (χ0) is 19.9. The molecule has 2 aromatic rings. The number of carbonyl (C=O) groups is 1. The monoisotopic (exact) mass is 462 g/mol. The van der Waals surface area contributed by atoms with Gasteiger partial charge in [-0.05, 0) is 36.6 Å². The Morgan fingerprint density at radius 2 is 2.11 bits per heavy atom. The largest absolute Gasteiger partial charge is 0.507 e. The molecule has 1 saturated heterocycles. The normalized spacial score (nSPS) is 14.8. The maximum Gasteiger partial charge on any atom is 0.341 e. The van der Waals surface area contributed by atoms with E-state index in [2.05, 4.69) is 9.62 Å². The van der Waals surface area contributed by atoms with Gasteiger partial charge in [0.1, 0.15) is 15.6 Å². The molecule has 6 nitrogen and oxygen atoms in total. The maximum atomic E-state index is 12.2. The molecule has 0 radical (unpaired) electrons. The lowest BCUT2D eigenvalue weighted by Crippen LogP contribution is -2.37. The van der Waals surface area contributed by atoms with Crippen LogP contribution in [0.25, 0.3) is 0 Å². The number of anilines is 1. The van der Waals surface area contributed by atoms with Gasteiger partial charge in [-0.15, -0.1) is 11.3 Å². The minimum absolute atomic E-state index is 0.133. The van der Waals surface area contributed by atoms with Gasteiger partial charge in [-0.25, -0.2) is 4.79 Å². The molecule has 2 heterocycles. The molecule has 1 fully saturated rings. The van der Waals surface area contributed by atoms with Crippen LogP contribution in [-0.4, -0.2) is 55.4 Å². The van der Waals surface area contributed by atoms with Gasteiger partial charge in [0.15, 0.2) is 0 Å². The summed E-state index contributed by atoms with van der Waals surface area (Å²) in [7, 11) is 0. The first-order valence-electron chi connectivity index (χ1n) is 8.71. The molecule has 10 heteroatoms. The number of hydrogen-bond donors (Lipinski definition) is 2. The Hall–Kier alpha value is -1.16. The molecule has 28 heavy (non-hydrogen) atoms. The number of thiophene rings is 1. The number of rotatable bonds is 8. The summed E-state index contributed by atoms with van der Waals surface area (Å²) in [5.74, 6) is -0.665. The summed E-state index contributed by atoms with van der Waals surface area (Å²) in [5.41, 5.74) is 0.788. The Labute approximate surface area is 181 Å². The Morgan fingerprint density at radius 1 is 1.32 bits per heavy atom. The van der Waals surface area contributed by atoms with Crippen molar-refractivity contribution in [3.05, 3.63) is 39.2 Å². The molecule has 0 spiro atoms. The molecular formula is C18H20Cl2N2O4S2. The third-order valence-electron chi connectivity index (χ3n) is 4.07. The first-order chi connectivity index (χ1) is 13.5.